The number of benzene rings is 1. The van der Waals surface area contributed by atoms with Crippen molar-refractivity contribution in [2.45, 2.75) is 44.3 Å². The minimum atomic E-state index is -0.213. The molecule has 3 heterocycles. The molecule has 2 unspecified atom stereocenters. The van der Waals surface area contributed by atoms with E-state index < -0.39 is 0 Å². The Morgan fingerprint density at radius 1 is 1.03 bits per heavy atom. The Kier molecular flexibility index (Phi) is 6.90. The molecular formula is C27H35N5O3. The van der Waals surface area contributed by atoms with Gasteiger partial charge in [0.25, 0.3) is 5.91 Å². The summed E-state index contributed by atoms with van der Waals surface area (Å²) in [6.07, 6.45) is 11.7. The number of allylic oxidation sites excluding steroid dienone is 2. The number of piperidine rings is 1. The van der Waals surface area contributed by atoms with Gasteiger partial charge < -0.3 is 25.3 Å². The van der Waals surface area contributed by atoms with E-state index in [1.807, 2.05) is 29.2 Å². The van der Waals surface area contributed by atoms with Crippen molar-refractivity contribution >= 4 is 17.8 Å². The summed E-state index contributed by atoms with van der Waals surface area (Å²) in [4.78, 5) is 44.3. The van der Waals surface area contributed by atoms with Gasteiger partial charge in [-0.2, -0.15) is 0 Å². The molecule has 35 heavy (non-hydrogen) atoms. The van der Waals surface area contributed by atoms with Crippen LogP contribution in [0.2, 0.25) is 0 Å². The van der Waals surface area contributed by atoms with Gasteiger partial charge in [-0.1, -0.05) is 30.4 Å². The Labute approximate surface area is 207 Å². The largest absolute Gasteiger partial charge is 0.343 e. The average molecular weight is 478 g/mol. The summed E-state index contributed by atoms with van der Waals surface area (Å²) >= 11 is 0. The maximum absolute atomic E-state index is 12.8. The van der Waals surface area contributed by atoms with Gasteiger partial charge in [0.05, 0.1) is 12.6 Å². The van der Waals surface area contributed by atoms with Gasteiger partial charge in [0.1, 0.15) is 0 Å². The van der Waals surface area contributed by atoms with Crippen LogP contribution in [0.5, 0.6) is 0 Å². The zero-order valence-corrected chi connectivity index (χ0v) is 20.4. The number of hydrogen-bond donors (Lipinski definition) is 2. The van der Waals surface area contributed by atoms with Gasteiger partial charge in [-0.05, 0) is 56.0 Å². The van der Waals surface area contributed by atoms with Crippen LogP contribution in [0.3, 0.4) is 0 Å². The monoisotopic (exact) mass is 477 g/mol. The van der Waals surface area contributed by atoms with E-state index in [0.29, 0.717) is 24.6 Å². The number of nitrogens with one attached hydrogen (secondary N) is 2. The molecule has 1 aromatic rings. The number of likely N-dealkylation sites (tertiary alicyclic amines) is 1. The molecule has 2 atom stereocenters. The smallest absolute Gasteiger partial charge is 0.318 e. The van der Waals surface area contributed by atoms with Gasteiger partial charge in [-0.3, -0.25) is 9.59 Å². The highest BCUT2D eigenvalue weighted by Crippen LogP contribution is 2.25. The first-order chi connectivity index (χ1) is 17.0. The Morgan fingerprint density at radius 3 is 2.66 bits per heavy atom. The van der Waals surface area contributed by atoms with Gasteiger partial charge >= 0.3 is 6.03 Å². The van der Waals surface area contributed by atoms with Crippen molar-refractivity contribution in [3.05, 3.63) is 59.2 Å². The van der Waals surface area contributed by atoms with E-state index in [1.165, 1.54) is 11.1 Å². The summed E-state index contributed by atoms with van der Waals surface area (Å²) in [7, 11) is 2.08. The minimum absolute atomic E-state index is 0.00722. The summed E-state index contributed by atoms with van der Waals surface area (Å²) in [5.41, 5.74) is 3.08. The quantitative estimate of drug-likeness (QED) is 0.694. The number of nitrogens with zero attached hydrogens (tertiary/aromatic N) is 3. The van der Waals surface area contributed by atoms with Crippen LogP contribution in [0.4, 0.5) is 4.79 Å². The van der Waals surface area contributed by atoms with Crippen LogP contribution >= 0.6 is 0 Å². The third-order valence-corrected chi connectivity index (χ3v) is 7.83. The van der Waals surface area contributed by atoms with Crippen molar-refractivity contribution in [1.29, 1.82) is 0 Å². The number of urea groups is 1. The van der Waals surface area contributed by atoms with Gasteiger partial charge in [0, 0.05) is 50.2 Å². The molecule has 4 amide bonds. The number of fused-ring (bicyclic) bond motifs is 2. The zero-order valence-electron chi connectivity index (χ0n) is 20.4. The van der Waals surface area contributed by atoms with Crippen molar-refractivity contribution in [2.24, 2.45) is 5.92 Å². The van der Waals surface area contributed by atoms with Gasteiger partial charge in [-0.15, -0.1) is 0 Å². The maximum atomic E-state index is 12.8. The second-order valence-corrected chi connectivity index (χ2v) is 10.2. The predicted octanol–water partition coefficient (Wildman–Crippen LogP) is 1.92. The Bertz CT molecular complexity index is 1040. The molecule has 8 nitrogen and oxygen atoms in total. The lowest BCUT2D eigenvalue weighted by Crippen LogP contribution is -2.52. The molecule has 0 spiro atoms. The Balaban J connectivity index is 1.10. The van der Waals surface area contributed by atoms with Crippen LogP contribution in [0.1, 0.15) is 40.7 Å². The Hall–Kier alpha value is -3.13. The van der Waals surface area contributed by atoms with E-state index in [9.17, 15) is 14.4 Å². The van der Waals surface area contributed by atoms with E-state index in [-0.39, 0.29) is 36.5 Å². The molecule has 1 aromatic carbocycles. The van der Waals surface area contributed by atoms with Crippen LogP contribution in [0.15, 0.2) is 42.5 Å². The standard InChI is InChI=1S/C27H35N5O3/c1-30-12-8-19-6-7-21(16-22(19)18-30)26(34)28-17-25(33)31-13-10-23(11-14-31)32-15-9-20-4-2-3-5-24(20)29-27(32)35/h2-7,16,20,23-24H,8-15,17-18H2,1H3,(H,28,34)(H,29,35). The molecule has 0 radical (unpaired) electrons. The summed E-state index contributed by atoms with van der Waals surface area (Å²) in [5, 5.41) is 5.95. The van der Waals surface area contributed by atoms with Crippen LogP contribution in [0.25, 0.3) is 0 Å². The van der Waals surface area contributed by atoms with Crippen LogP contribution < -0.4 is 10.6 Å². The van der Waals surface area contributed by atoms with Crippen LogP contribution in [-0.2, 0) is 17.8 Å². The first-order valence-electron chi connectivity index (χ1n) is 12.8. The lowest BCUT2D eigenvalue weighted by Gasteiger charge is -2.38. The number of amides is 4. The summed E-state index contributed by atoms with van der Waals surface area (Å²) in [6.45, 7) is 3.79. The Morgan fingerprint density at radius 2 is 1.83 bits per heavy atom. The molecule has 2 N–H and O–H groups in total. The highest BCUT2D eigenvalue weighted by Gasteiger charge is 2.34. The van der Waals surface area contributed by atoms with Crippen molar-refractivity contribution in [1.82, 2.24) is 25.3 Å². The normalized spacial score (nSPS) is 24.9. The number of rotatable bonds is 4. The lowest BCUT2D eigenvalue weighted by atomic mass is 9.92. The summed E-state index contributed by atoms with van der Waals surface area (Å²) in [5.74, 6) is 0.0569. The van der Waals surface area contributed by atoms with Crippen molar-refractivity contribution < 1.29 is 14.4 Å². The van der Waals surface area contributed by atoms with Crippen LogP contribution in [-0.4, -0.2) is 84.4 Å². The van der Waals surface area contributed by atoms with E-state index >= 15 is 0 Å². The second-order valence-electron chi connectivity index (χ2n) is 10.2. The average Bonchev–Trinajstić information content (AvgIpc) is 3.04. The fourth-order valence-electron chi connectivity index (χ4n) is 5.68. The number of carbonyl (C=O) groups excluding carboxylic acids is 3. The third-order valence-electron chi connectivity index (χ3n) is 7.83. The van der Waals surface area contributed by atoms with Gasteiger partial charge in [-0.25, -0.2) is 4.79 Å². The fourth-order valence-corrected chi connectivity index (χ4v) is 5.68. The molecule has 3 aliphatic heterocycles. The maximum Gasteiger partial charge on any atom is 0.318 e. The van der Waals surface area contributed by atoms with Crippen molar-refractivity contribution in [3.63, 3.8) is 0 Å². The van der Waals surface area contributed by atoms with E-state index in [0.717, 1.165) is 45.3 Å². The first kappa shape index (κ1) is 23.6. The molecule has 186 valence electrons. The lowest BCUT2D eigenvalue weighted by molar-refractivity contribution is -0.131. The summed E-state index contributed by atoms with van der Waals surface area (Å²) in [6, 6.07) is 6.03. The highest BCUT2D eigenvalue weighted by atomic mass is 16.2. The van der Waals surface area contributed by atoms with Gasteiger partial charge in [0.2, 0.25) is 5.91 Å². The van der Waals surface area contributed by atoms with Gasteiger partial charge in [0.15, 0.2) is 0 Å². The molecule has 0 saturated carbocycles. The van der Waals surface area contributed by atoms with Crippen molar-refractivity contribution in [2.75, 3.05) is 39.8 Å². The predicted molar refractivity (Wildman–Crippen MR) is 134 cm³/mol. The number of hydrogen-bond acceptors (Lipinski definition) is 4. The first-order valence-corrected chi connectivity index (χ1v) is 12.8. The van der Waals surface area contributed by atoms with E-state index in [4.69, 9.17) is 0 Å². The molecule has 1 aliphatic carbocycles. The second kappa shape index (κ2) is 10.2. The molecule has 5 rings (SSSR count). The molecule has 0 aromatic heterocycles. The molecule has 0 bridgehead atoms. The number of likely N-dealkylation sites (N-methyl/N-ethyl adjacent to an activating group) is 1. The van der Waals surface area contributed by atoms with E-state index in [1.54, 1.807) is 4.90 Å². The fraction of sp³-hybridized carbons (Fsp3) is 0.519. The molecule has 2 saturated heterocycles. The molecule has 4 aliphatic rings. The SMILES string of the molecule is CN1CCc2ccc(C(=O)NCC(=O)N3CCC(N4CCC5C=CC=CC5NC4=O)CC3)cc2C1. The third kappa shape index (κ3) is 5.27. The minimum Gasteiger partial charge on any atom is -0.343 e. The summed E-state index contributed by atoms with van der Waals surface area (Å²) < 4.78 is 0. The highest BCUT2D eigenvalue weighted by molar-refractivity contribution is 5.96. The number of carbonyl (C=O) groups is 3. The van der Waals surface area contributed by atoms with Crippen LogP contribution in [0, 0.1) is 5.92 Å². The topological polar surface area (TPSA) is 85.0 Å². The molecule has 8 heteroatoms. The van der Waals surface area contributed by atoms with Crippen molar-refractivity contribution in [3.8, 4) is 0 Å². The molecular weight excluding hydrogens is 442 g/mol. The zero-order chi connectivity index (χ0) is 24.4. The van der Waals surface area contributed by atoms with E-state index in [2.05, 4.69) is 40.8 Å². The molecule has 2 fully saturated rings.